The average molecular weight is 572 g/mol. The van der Waals surface area contributed by atoms with Crippen molar-refractivity contribution in [2.75, 3.05) is 5.73 Å². The van der Waals surface area contributed by atoms with Gasteiger partial charge in [0, 0.05) is 16.9 Å². The van der Waals surface area contributed by atoms with Gasteiger partial charge in [0.25, 0.3) is 11.5 Å². The van der Waals surface area contributed by atoms with E-state index in [1.165, 1.54) is 22.9 Å². The monoisotopic (exact) mass is 571 g/mol. The molecule has 41 heavy (non-hydrogen) atoms. The van der Waals surface area contributed by atoms with Gasteiger partial charge in [0.15, 0.2) is 23.1 Å². The van der Waals surface area contributed by atoms with Crippen molar-refractivity contribution in [1.29, 1.82) is 0 Å². The standard InChI is InChI=1S/C31H27ClFN5O3/c1-17(2)41-26-13-12-19(14-23(26)33)24-16-35-29(34)28(37-24)30(39)36-18(3)25-15-20-8-7-11-22(32)27(20)31(40)38(25)21-9-5-4-6-10-21/h4-18H,1-3H3,(H2,34,35)(H,36,39). The molecule has 1 atom stereocenters. The predicted octanol–water partition coefficient (Wildman–Crippen LogP) is 6.10. The zero-order chi connectivity index (χ0) is 29.3. The molecule has 0 saturated heterocycles. The van der Waals surface area contributed by atoms with Crippen molar-refractivity contribution in [2.24, 2.45) is 0 Å². The Kier molecular flexibility index (Phi) is 7.72. The van der Waals surface area contributed by atoms with Crippen LogP contribution in [0.4, 0.5) is 10.2 Å². The molecule has 3 N–H and O–H groups in total. The third-order valence-electron chi connectivity index (χ3n) is 6.44. The van der Waals surface area contributed by atoms with Gasteiger partial charge in [-0.05, 0) is 68.6 Å². The summed E-state index contributed by atoms with van der Waals surface area (Å²) in [7, 11) is 0. The van der Waals surface area contributed by atoms with Crippen LogP contribution in [0.25, 0.3) is 27.7 Å². The minimum atomic E-state index is -0.659. The molecule has 1 amide bonds. The molecule has 10 heteroatoms. The summed E-state index contributed by atoms with van der Waals surface area (Å²) in [5.41, 5.74) is 7.38. The highest BCUT2D eigenvalue weighted by Gasteiger charge is 2.22. The van der Waals surface area contributed by atoms with Crippen LogP contribution in [0.15, 0.2) is 83.8 Å². The van der Waals surface area contributed by atoms with Crippen LogP contribution in [0, 0.1) is 5.82 Å². The highest BCUT2D eigenvalue weighted by molar-refractivity contribution is 6.35. The number of rotatable bonds is 7. The molecule has 2 heterocycles. The van der Waals surface area contributed by atoms with Crippen molar-refractivity contribution in [3.63, 3.8) is 0 Å². The van der Waals surface area contributed by atoms with Gasteiger partial charge in [0.1, 0.15) is 0 Å². The van der Waals surface area contributed by atoms with E-state index < -0.39 is 17.8 Å². The third-order valence-corrected chi connectivity index (χ3v) is 6.75. The fraction of sp³-hybridized carbons (Fsp3) is 0.161. The van der Waals surface area contributed by atoms with Crippen molar-refractivity contribution >= 4 is 34.1 Å². The Morgan fingerprint density at radius 3 is 2.51 bits per heavy atom. The lowest BCUT2D eigenvalue weighted by atomic mass is 10.1. The number of para-hydroxylation sites is 1. The summed E-state index contributed by atoms with van der Waals surface area (Å²) >= 11 is 6.40. The summed E-state index contributed by atoms with van der Waals surface area (Å²) in [4.78, 5) is 35.6. The number of anilines is 1. The number of nitrogen functional groups attached to an aromatic ring is 1. The van der Waals surface area contributed by atoms with Crippen LogP contribution >= 0.6 is 11.6 Å². The molecule has 0 aliphatic rings. The van der Waals surface area contributed by atoms with Crippen molar-refractivity contribution in [2.45, 2.75) is 32.9 Å². The van der Waals surface area contributed by atoms with Gasteiger partial charge in [0.05, 0.1) is 34.4 Å². The quantitative estimate of drug-likeness (QED) is 0.244. The van der Waals surface area contributed by atoms with Crippen LogP contribution in [-0.4, -0.2) is 26.5 Å². The normalized spacial score (nSPS) is 12.0. The number of nitrogens with two attached hydrogens (primary N) is 1. The van der Waals surface area contributed by atoms with Crippen molar-refractivity contribution in [3.05, 3.63) is 112 Å². The zero-order valence-corrected chi connectivity index (χ0v) is 23.3. The molecule has 0 bridgehead atoms. The van der Waals surface area contributed by atoms with E-state index >= 15 is 0 Å². The van der Waals surface area contributed by atoms with Crippen molar-refractivity contribution < 1.29 is 13.9 Å². The molecule has 0 radical (unpaired) electrons. The second-order valence-corrected chi connectivity index (χ2v) is 10.2. The first kappa shape index (κ1) is 27.8. The maximum absolute atomic E-state index is 14.6. The second-order valence-electron chi connectivity index (χ2n) is 9.75. The fourth-order valence-electron chi connectivity index (χ4n) is 4.55. The molecular weight excluding hydrogens is 545 g/mol. The number of hydrogen-bond acceptors (Lipinski definition) is 6. The van der Waals surface area contributed by atoms with E-state index in [1.54, 1.807) is 57.2 Å². The molecule has 0 spiro atoms. The lowest BCUT2D eigenvalue weighted by Crippen LogP contribution is -2.33. The Labute approximate surface area is 240 Å². The summed E-state index contributed by atoms with van der Waals surface area (Å²) in [5.74, 6) is -1.16. The SMILES string of the molecule is CC(C)Oc1ccc(-c2cnc(N)c(C(=O)NC(C)c3cc4cccc(Cl)c4c(=O)n3-c3ccccc3)n2)cc1F. The summed E-state index contributed by atoms with van der Waals surface area (Å²) < 4.78 is 21.6. The van der Waals surface area contributed by atoms with E-state index in [0.717, 1.165) is 0 Å². The van der Waals surface area contributed by atoms with Crippen LogP contribution in [0.3, 0.4) is 0 Å². The Bertz CT molecular complexity index is 1830. The van der Waals surface area contributed by atoms with Crippen LogP contribution in [-0.2, 0) is 0 Å². The summed E-state index contributed by atoms with van der Waals surface area (Å²) in [6.45, 7) is 5.35. The van der Waals surface area contributed by atoms with E-state index in [4.69, 9.17) is 22.1 Å². The third kappa shape index (κ3) is 5.62. The second kappa shape index (κ2) is 11.4. The van der Waals surface area contributed by atoms with Crippen molar-refractivity contribution in [3.8, 4) is 22.7 Å². The lowest BCUT2D eigenvalue weighted by Gasteiger charge is -2.21. The Balaban J connectivity index is 1.51. The van der Waals surface area contributed by atoms with Gasteiger partial charge in [-0.2, -0.15) is 0 Å². The van der Waals surface area contributed by atoms with Crippen LogP contribution in [0.5, 0.6) is 5.75 Å². The molecule has 208 valence electrons. The predicted molar refractivity (Wildman–Crippen MR) is 158 cm³/mol. The van der Waals surface area contributed by atoms with E-state index in [0.29, 0.717) is 32.7 Å². The number of aromatic nitrogens is 3. The Hall–Kier alpha value is -4.76. The van der Waals surface area contributed by atoms with Gasteiger partial charge in [0.2, 0.25) is 0 Å². The molecule has 0 saturated carbocycles. The Morgan fingerprint density at radius 1 is 1.05 bits per heavy atom. The molecule has 1 unspecified atom stereocenters. The molecular formula is C31H27ClFN5O3. The molecule has 0 aliphatic carbocycles. The minimum Gasteiger partial charge on any atom is -0.488 e. The maximum Gasteiger partial charge on any atom is 0.274 e. The number of fused-ring (bicyclic) bond motifs is 1. The molecule has 0 aliphatic heterocycles. The van der Waals surface area contributed by atoms with Crippen LogP contribution in [0.2, 0.25) is 5.02 Å². The first-order valence-electron chi connectivity index (χ1n) is 12.9. The van der Waals surface area contributed by atoms with Crippen molar-refractivity contribution in [1.82, 2.24) is 19.9 Å². The summed E-state index contributed by atoms with van der Waals surface area (Å²) in [6.07, 6.45) is 1.18. The molecule has 5 rings (SSSR count). The number of halogens is 2. The van der Waals surface area contributed by atoms with Gasteiger partial charge in [-0.25, -0.2) is 14.4 Å². The van der Waals surface area contributed by atoms with Gasteiger partial charge >= 0.3 is 0 Å². The largest absolute Gasteiger partial charge is 0.488 e. The van der Waals surface area contributed by atoms with Gasteiger partial charge in [-0.15, -0.1) is 0 Å². The molecule has 3 aromatic carbocycles. The summed E-state index contributed by atoms with van der Waals surface area (Å²) in [5, 5.41) is 4.23. The molecule has 8 nitrogen and oxygen atoms in total. The topological polar surface area (TPSA) is 112 Å². The molecule has 2 aromatic heterocycles. The van der Waals surface area contributed by atoms with Gasteiger partial charge in [-0.1, -0.05) is 41.9 Å². The van der Waals surface area contributed by atoms with Crippen LogP contribution < -0.4 is 21.3 Å². The maximum atomic E-state index is 14.6. The number of hydrogen-bond donors (Lipinski definition) is 2. The molecule has 5 aromatic rings. The fourth-order valence-corrected chi connectivity index (χ4v) is 4.82. The average Bonchev–Trinajstić information content (AvgIpc) is 2.94. The highest BCUT2D eigenvalue weighted by atomic mass is 35.5. The number of pyridine rings is 1. The minimum absolute atomic E-state index is 0.0931. The summed E-state index contributed by atoms with van der Waals surface area (Å²) in [6, 6.07) is 19.8. The first-order valence-corrected chi connectivity index (χ1v) is 13.3. The number of benzene rings is 3. The highest BCUT2D eigenvalue weighted by Crippen LogP contribution is 2.28. The van der Waals surface area contributed by atoms with E-state index in [2.05, 4.69) is 15.3 Å². The number of ether oxygens (including phenoxy) is 1. The van der Waals surface area contributed by atoms with E-state index in [-0.39, 0.29) is 34.6 Å². The number of carbonyl (C=O) groups is 1. The zero-order valence-electron chi connectivity index (χ0n) is 22.6. The van der Waals surface area contributed by atoms with Crippen LogP contribution in [0.1, 0.15) is 43.0 Å². The number of nitrogens with one attached hydrogen (secondary N) is 1. The number of nitrogens with zero attached hydrogens (tertiary/aromatic N) is 3. The number of amides is 1. The molecule has 0 fully saturated rings. The van der Waals surface area contributed by atoms with Gasteiger partial charge < -0.3 is 15.8 Å². The first-order chi connectivity index (χ1) is 19.6. The van der Waals surface area contributed by atoms with Gasteiger partial charge in [-0.3, -0.25) is 14.2 Å². The Morgan fingerprint density at radius 2 is 1.80 bits per heavy atom. The van der Waals surface area contributed by atoms with E-state index in [1.807, 2.05) is 24.3 Å². The lowest BCUT2D eigenvalue weighted by molar-refractivity contribution is 0.0934. The number of carbonyl (C=O) groups excluding carboxylic acids is 1. The van der Waals surface area contributed by atoms with E-state index in [9.17, 15) is 14.0 Å². The smallest absolute Gasteiger partial charge is 0.274 e.